The molecule has 1 N–H and O–H groups in total. The number of sulfonamides is 1. The van der Waals surface area contributed by atoms with Gasteiger partial charge in [-0.05, 0) is 38.5 Å². The van der Waals surface area contributed by atoms with Gasteiger partial charge in [0.1, 0.15) is 5.82 Å². The Bertz CT molecular complexity index is 763. The fraction of sp³-hybridized carbons (Fsp3) is 0.588. The van der Waals surface area contributed by atoms with E-state index in [4.69, 9.17) is 11.6 Å². The maximum absolute atomic E-state index is 13.3. The van der Waals surface area contributed by atoms with E-state index in [9.17, 15) is 17.6 Å². The Labute approximate surface area is 159 Å². The molecule has 0 radical (unpaired) electrons. The van der Waals surface area contributed by atoms with Crippen molar-refractivity contribution in [3.05, 3.63) is 29.0 Å². The van der Waals surface area contributed by atoms with Gasteiger partial charge in [-0.15, -0.1) is 0 Å². The van der Waals surface area contributed by atoms with Crippen LogP contribution in [0.3, 0.4) is 0 Å². The van der Waals surface area contributed by atoms with Gasteiger partial charge in [0.15, 0.2) is 0 Å². The number of rotatable bonds is 6. The Morgan fingerprint density at radius 3 is 2.42 bits per heavy atom. The van der Waals surface area contributed by atoms with Crippen molar-refractivity contribution >= 4 is 27.5 Å². The standard InChI is InChI=1S/C17H25ClFN3O3S/c1-4-17(2,3)20-16(23)12-21-7-9-22(10-8-21)26(24,25)13-5-6-15(19)14(18)11-13/h5-6,11H,4,7-10,12H2,1-3H3,(H,20,23). The van der Waals surface area contributed by atoms with Crippen LogP contribution < -0.4 is 5.32 Å². The number of halogens is 2. The molecule has 1 aliphatic heterocycles. The van der Waals surface area contributed by atoms with Gasteiger partial charge in [-0.3, -0.25) is 9.69 Å². The second-order valence-corrected chi connectivity index (χ2v) is 9.39. The van der Waals surface area contributed by atoms with E-state index in [-0.39, 0.29) is 41.0 Å². The van der Waals surface area contributed by atoms with Gasteiger partial charge in [-0.25, -0.2) is 12.8 Å². The molecule has 1 amide bonds. The van der Waals surface area contributed by atoms with Gasteiger partial charge in [0.25, 0.3) is 0 Å². The Morgan fingerprint density at radius 2 is 1.88 bits per heavy atom. The van der Waals surface area contributed by atoms with Crippen LogP contribution in [0.1, 0.15) is 27.2 Å². The summed E-state index contributed by atoms with van der Waals surface area (Å²) < 4.78 is 39.9. The molecule has 2 rings (SSSR count). The minimum atomic E-state index is -3.73. The smallest absolute Gasteiger partial charge is 0.243 e. The number of hydrogen-bond donors (Lipinski definition) is 1. The molecule has 1 fully saturated rings. The second-order valence-electron chi connectivity index (χ2n) is 7.04. The van der Waals surface area contributed by atoms with E-state index in [0.717, 1.165) is 18.6 Å². The number of nitrogens with zero attached hydrogens (tertiary/aromatic N) is 2. The van der Waals surface area contributed by atoms with Crippen molar-refractivity contribution in [2.45, 2.75) is 37.6 Å². The van der Waals surface area contributed by atoms with E-state index in [1.165, 1.54) is 10.4 Å². The van der Waals surface area contributed by atoms with Gasteiger partial charge < -0.3 is 5.32 Å². The van der Waals surface area contributed by atoms with Gasteiger partial charge in [0, 0.05) is 31.7 Å². The number of nitrogens with one attached hydrogen (secondary N) is 1. The first-order valence-electron chi connectivity index (χ1n) is 8.54. The van der Waals surface area contributed by atoms with Crippen LogP contribution in [0.4, 0.5) is 4.39 Å². The van der Waals surface area contributed by atoms with Gasteiger partial charge in [-0.2, -0.15) is 4.31 Å². The Balaban J connectivity index is 1.95. The lowest BCUT2D eigenvalue weighted by atomic mass is 10.0. The molecule has 6 nitrogen and oxygen atoms in total. The third-order valence-corrected chi connectivity index (χ3v) is 6.77. The highest BCUT2D eigenvalue weighted by Crippen LogP contribution is 2.23. The summed E-state index contributed by atoms with van der Waals surface area (Å²) in [6.45, 7) is 7.60. The lowest BCUT2D eigenvalue weighted by molar-refractivity contribution is -0.124. The van der Waals surface area contributed by atoms with Crippen LogP contribution in [0.15, 0.2) is 23.1 Å². The molecule has 1 aliphatic rings. The van der Waals surface area contributed by atoms with Gasteiger partial charge >= 0.3 is 0 Å². The maximum atomic E-state index is 13.3. The summed E-state index contributed by atoms with van der Waals surface area (Å²) >= 11 is 5.69. The predicted octanol–water partition coefficient (Wildman–Crippen LogP) is 2.09. The van der Waals surface area contributed by atoms with Crippen molar-refractivity contribution in [3.8, 4) is 0 Å². The fourth-order valence-corrected chi connectivity index (χ4v) is 4.32. The Hall–Kier alpha value is -1.22. The van der Waals surface area contributed by atoms with Crippen molar-refractivity contribution in [2.75, 3.05) is 32.7 Å². The van der Waals surface area contributed by atoms with E-state index in [1.54, 1.807) is 0 Å². The van der Waals surface area contributed by atoms with Crippen LogP contribution in [0, 0.1) is 5.82 Å². The van der Waals surface area contributed by atoms with Gasteiger partial charge in [-0.1, -0.05) is 18.5 Å². The molecule has 1 aromatic rings. The van der Waals surface area contributed by atoms with E-state index >= 15 is 0 Å². The molecule has 0 bridgehead atoms. The SMILES string of the molecule is CCC(C)(C)NC(=O)CN1CCN(S(=O)(=O)c2ccc(F)c(Cl)c2)CC1. The summed E-state index contributed by atoms with van der Waals surface area (Å²) in [7, 11) is -3.73. The van der Waals surface area contributed by atoms with Crippen LogP contribution in [-0.2, 0) is 14.8 Å². The predicted molar refractivity (Wildman–Crippen MR) is 99.1 cm³/mol. The molecule has 0 atom stereocenters. The van der Waals surface area contributed by atoms with E-state index < -0.39 is 15.8 Å². The Morgan fingerprint density at radius 1 is 1.27 bits per heavy atom. The number of piperazine rings is 1. The highest BCUT2D eigenvalue weighted by Gasteiger charge is 2.30. The molecule has 0 aromatic heterocycles. The average molecular weight is 406 g/mol. The molecule has 9 heteroatoms. The molecule has 146 valence electrons. The van der Waals surface area contributed by atoms with Gasteiger partial charge in [0.05, 0.1) is 16.5 Å². The van der Waals surface area contributed by atoms with Crippen LogP contribution in [0.2, 0.25) is 5.02 Å². The summed E-state index contributed by atoms with van der Waals surface area (Å²) in [4.78, 5) is 14.0. The lowest BCUT2D eigenvalue weighted by Crippen LogP contribution is -2.53. The molecule has 1 aromatic carbocycles. The monoisotopic (exact) mass is 405 g/mol. The fourth-order valence-electron chi connectivity index (χ4n) is 2.62. The van der Waals surface area contributed by atoms with Crippen molar-refractivity contribution < 1.29 is 17.6 Å². The molecule has 0 spiro atoms. The van der Waals surface area contributed by atoms with Crippen LogP contribution >= 0.6 is 11.6 Å². The number of carbonyl (C=O) groups excluding carboxylic acids is 1. The molecular formula is C17H25ClFN3O3S. The lowest BCUT2D eigenvalue weighted by Gasteiger charge is -2.34. The first kappa shape index (κ1) is 21.1. The average Bonchev–Trinajstić information content (AvgIpc) is 2.57. The van der Waals surface area contributed by atoms with Crippen LogP contribution in [0.25, 0.3) is 0 Å². The van der Waals surface area contributed by atoms with E-state index in [2.05, 4.69) is 5.32 Å². The largest absolute Gasteiger partial charge is 0.350 e. The van der Waals surface area contributed by atoms with Crippen molar-refractivity contribution in [3.63, 3.8) is 0 Å². The van der Waals surface area contributed by atoms with E-state index in [1.807, 2.05) is 25.7 Å². The van der Waals surface area contributed by atoms with Crippen molar-refractivity contribution in [1.29, 1.82) is 0 Å². The zero-order valence-corrected chi connectivity index (χ0v) is 16.8. The highest BCUT2D eigenvalue weighted by atomic mass is 35.5. The zero-order chi connectivity index (χ0) is 19.5. The molecule has 0 aliphatic carbocycles. The summed E-state index contributed by atoms with van der Waals surface area (Å²) in [6.07, 6.45) is 0.824. The molecule has 0 unspecified atom stereocenters. The summed E-state index contributed by atoms with van der Waals surface area (Å²) in [5, 5.41) is 2.75. The molecular weight excluding hydrogens is 381 g/mol. The molecule has 1 saturated heterocycles. The Kier molecular flexibility index (Phi) is 6.65. The number of hydrogen-bond acceptors (Lipinski definition) is 4. The zero-order valence-electron chi connectivity index (χ0n) is 15.3. The maximum Gasteiger partial charge on any atom is 0.243 e. The number of benzene rings is 1. The quantitative estimate of drug-likeness (QED) is 0.786. The summed E-state index contributed by atoms with van der Waals surface area (Å²) in [6, 6.07) is 3.38. The van der Waals surface area contributed by atoms with Gasteiger partial charge in [0.2, 0.25) is 15.9 Å². The number of amides is 1. The minimum absolute atomic E-state index is 0.0280. The number of carbonyl (C=O) groups is 1. The van der Waals surface area contributed by atoms with Crippen molar-refractivity contribution in [1.82, 2.24) is 14.5 Å². The first-order valence-corrected chi connectivity index (χ1v) is 10.4. The minimum Gasteiger partial charge on any atom is -0.350 e. The normalized spacial score (nSPS) is 17.3. The summed E-state index contributed by atoms with van der Waals surface area (Å²) in [5.41, 5.74) is -0.260. The first-order chi connectivity index (χ1) is 12.0. The topological polar surface area (TPSA) is 69.7 Å². The van der Waals surface area contributed by atoms with E-state index in [0.29, 0.717) is 13.1 Å². The third kappa shape index (κ3) is 5.16. The second kappa shape index (κ2) is 8.21. The molecule has 26 heavy (non-hydrogen) atoms. The molecule has 0 saturated carbocycles. The highest BCUT2D eigenvalue weighted by molar-refractivity contribution is 7.89. The third-order valence-electron chi connectivity index (χ3n) is 4.59. The van der Waals surface area contributed by atoms with Crippen LogP contribution in [-0.4, -0.2) is 61.8 Å². The molecule has 1 heterocycles. The van der Waals surface area contributed by atoms with Crippen molar-refractivity contribution in [2.24, 2.45) is 0 Å². The summed E-state index contributed by atoms with van der Waals surface area (Å²) in [5.74, 6) is -0.727. The van der Waals surface area contributed by atoms with Crippen LogP contribution in [0.5, 0.6) is 0 Å².